The van der Waals surface area contributed by atoms with Gasteiger partial charge >= 0.3 is 6.09 Å². The minimum absolute atomic E-state index is 0.0423. The molecule has 0 aliphatic carbocycles. The molecule has 0 unspecified atom stereocenters. The van der Waals surface area contributed by atoms with Crippen LogP contribution in [0.3, 0.4) is 0 Å². The lowest BCUT2D eigenvalue weighted by Gasteiger charge is -2.18. The first-order valence-corrected chi connectivity index (χ1v) is 7.94. The normalized spacial score (nSPS) is 13.9. The van der Waals surface area contributed by atoms with Crippen LogP contribution < -0.4 is 10.2 Å². The standard InChI is InChI=1S/C17H20N4O3/c1-13-14(4-2-5-15(13)21-10-11-24-17(21)23)19-16(22)6-3-8-20-9-7-18-12-20/h2,4-5,7,9,12H,3,6,8,10-11H2,1H3,(H,19,22). The van der Waals surface area contributed by atoms with Crippen molar-refractivity contribution in [1.29, 1.82) is 0 Å². The molecular weight excluding hydrogens is 308 g/mol. The summed E-state index contributed by atoms with van der Waals surface area (Å²) in [6.07, 6.45) is 6.15. The van der Waals surface area contributed by atoms with Gasteiger partial charge in [0.2, 0.25) is 5.91 Å². The van der Waals surface area contributed by atoms with Gasteiger partial charge in [-0.25, -0.2) is 9.78 Å². The summed E-state index contributed by atoms with van der Waals surface area (Å²) in [5.41, 5.74) is 2.35. The number of hydrogen-bond acceptors (Lipinski definition) is 4. The van der Waals surface area contributed by atoms with E-state index in [-0.39, 0.29) is 12.0 Å². The van der Waals surface area contributed by atoms with Crippen LogP contribution in [0.5, 0.6) is 0 Å². The summed E-state index contributed by atoms with van der Waals surface area (Å²) in [5.74, 6) is -0.0423. The number of aryl methyl sites for hydroxylation is 1. The van der Waals surface area contributed by atoms with Gasteiger partial charge in [-0.05, 0) is 31.0 Å². The van der Waals surface area contributed by atoms with Crippen LogP contribution >= 0.6 is 0 Å². The number of hydrogen-bond donors (Lipinski definition) is 1. The van der Waals surface area contributed by atoms with E-state index in [0.717, 1.165) is 29.9 Å². The van der Waals surface area contributed by atoms with E-state index in [0.29, 0.717) is 19.6 Å². The largest absolute Gasteiger partial charge is 0.447 e. The SMILES string of the molecule is Cc1c(NC(=O)CCCn2ccnc2)cccc1N1CCOC1=O. The van der Waals surface area contributed by atoms with Gasteiger partial charge in [0.25, 0.3) is 0 Å². The smallest absolute Gasteiger partial charge is 0.414 e. The maximum absolute atomic E-state index is 12.1. The fraction of sp³-hybridized carbons (Fsp3) is 0.353. The van der Waals surface area contributed by atoms with Crippen molar-refractivity contribution in [3.8, 4) is 0 Å². The van der Waals surface area contributed by atoms with Gasteiger partial charge < -0.3 is 14.6 Å². The van der Waals surface area contributed by atoms with Crippen molar-refractivity contribution in [1.82, 2.24) is 9.55 Å². The molecule has 7 heteroatoms. The molecule has 0 atom stereocenters. The summed E-state index contributed by atoms with van der Waals surface area (Å²) in [7, 11) is 0. The van der Waals surface area contributed by atoms with Crippen molar-refractivity contribution < 1.29 is 14.3 Å². The van der Waals surface area contributed by atoms with Gasteiger partial charge in [0.1, 0.15) is 6.61 Å². The Kier molecular flexibility index (Phi) is 4.79. The number of nitrogens with zero attached hydrogens (tertiary/aromatic N) is 3. The summed E-state index contributed by atoms with van der Waals surface area (Å²) in [4.78, 5) is 29.4. The number of rotatable bonds is 6. The Morgan fingerprint density at radius 2 is 2.29 bits per heavy atom. The number of ether oxygens (including phenoxy) is 1. The molecule has 2 heterocycles. The highest BCUT2D eigenvalue weighted by Gasteiger charge is 2.25. The molecule has 1 aliphatic heterocycles. The quantitative estimate of drug-likeness (QED) is 0.884. The lowest BCUT2D eigenvalue weighted by molar-refractivity contribution is -0.116. The average molecular weight is 328 g/mol. The first kappa shape index (κ1) is 16.0. The molecule has 1 aromatic carbocycles. The van der Waals surface area contributed by atoms with E-state index in [1.807, 2.05) is 35.9 Å². The monoisotopic (exact) mass is 328 g/mol. The van der Waals surface area contributed by atoms with Crippen LogP contribution in [0.4, 0.5) is 16.2 Å². The number of carbonyl (C=O) groups is 2. The molecule has 2 amide bonds. The van der Waals surface area contributed by atoms with Crippen LogP contribution in [0, 0.1) is 6.92 Å². The number of carbonyl (C=O) groups excluding carboxylic acids is 2. The van der Waals surface area contributed by atoms with Crippen LogP contribution in [-0.4, -0.2) is 34.7 Å². The molecule has 0 radical (unpaired) electrons. The number of cyclic esters (lactones) is 1. The molecule has 1 fully saturated rings. The molecule has 7 nitrogen and oxygen atoms in total. The van der Waals surface area contributed by atoms with Crippen LogP contribution in [0.25, 0.3) is 0 Å². The summed E-state index contributed by atoms with van der Waals surface area (Å²) < 4.78 is 6.92. The molecule has 126 valence electrons. The molecule has 2 aromatic rings. The zero-order chi connectivity index (χ0) is 16.9. The van der Waals surface area contributed by atoms with Gasteiger partial charge in [0.05, 0.1) is 18.6 Å². The van der Waals surface area contributed by atoms with E-state index >= 15 is 0 Å². The zero-order valence-electron chi connectivity index (χ0n) is 13.6. The summed E-state index contributed by atoms with van der Waals surface area (Å²) in [5, 5.41) is 2.93. The first-order valence-electron chi connectivity index (χ1n) is 7.94. The lowest BCUT2D eigenvalue weighted by atomic mass is 10.1. The highest BCUT2D eigenvalue weighted by Crippen LogP contribution is 2.28. The van der Waals surface area contributed by atoms with Crippen LogP contribution in [0.1, 0.15) is 18.4 Å². The topological polar surface area (TPSA) is 76.5 Å². The first-order chi connectivity index (χ1) is 11.6. The predicted octanol–water partition coefficient (Wildman–Crippen LogP) is 2.57. The fourth-order valence-corrected chi connectivity index (χ4v) is 2.72. The third-order valence-electron chi connectivity index (χ3n) is 4.01. The lowest BCUT2D eigenvalue weighted by Crippen LogP contribution is -2.24. The molecule has 1 aliphatic rings. The Bertz CT molecular complexity index is 727. The van der Waals surface area contributed by atoms with Crippen LogP contribution in [0.2, 0.25) is 0 Å². The van der Waals surface area contributed by atoms with Gasteiger partial charge in [-0.15, -0.1) is 0 Å². The van der Waals surface area contributed by atoms with Gasteiger partial charge in [-0.2, -0.15) is 0 Å². The second-order valence-electron chi connectivity index (χ2n) is 5.67. The van der Waals surface area contributed by atoms with Crippen molar-refractivity contribution in [3.63, 3.8) is 0 Å². The minimum Gasteiger partial charge on any atom is -0.447 e. The molecule has 1 aromatic heterocycles. The van der Waals surface area contributed by atoms with E-state index in [9.17, 15) is 9.59 Å². The van der Waals surface area contributed by atoms with Crippen molar-refractivity contribution in [2.75, 3.05) is 23.4 Å². The summed E-state index contributed by atoms with van der Waals surface area (Å²) >= 11 is 0. The van der Waals surface area contributed by atoms with Crippen molar-refractivity contribution in [3.05, 3.63) is 42.5 Å². The predicted molar refractivity (Wildman–Crippen MR) is 90.0 cm³/mol. The minimum atomic E-state index is -0.345. The number of aromatic nitrogens is 2. The maximum Gasteiger partial charge on any atom is 0.414 e. The Morgan fingerprint density at radius 1 is 1.42 bits per heavy atom. The average Bonchev–Trinajstić information content (AvgIpc) is 3.21. The van der Waals surface area contributed by atoms with Crippen LogP contribution in [0.15, 0.2) is 36.9 Å². The molecule has 1 N–H and O–H groups in total. The molecule has 0 spiro atoms. The zero-order valence-corrected chi connectivity index (χ0v) is 13.6. The number of nitrogens with one attached hydrogen (secondary N) is 1. The van der Waals surface area contributed by atoms with Gasteiger partial charge in [-0.3, -0.25) is 9.69 Å². The van der Waals surface area contributed by atoms with E-state index < -0.39 is 0 Å². The van der Waals surface area contributed by atoms with Crippen molar-refractivity contribution >= 4 is 23.4 Å². The Labute approximate surface area is 140 Å². The number of imidazole rings is 1. The number of amides is 2. The fourth-order valence-electron chi connectivity index (χ4n) is 2.72. The highest BCUT2D eigenvalue weighted by molar-refractivity contribution is 5.95. The maximum atomic E-state index is 12.1. The van der Waals surface area contributed by atoms with E-state index in [2.05, 4.69) is 10.3 Å². The van der Waals surface area contributed by atoms with Gasteiger partial charge in [-0.1, -0.05) is 6.07 Å². The molecule has 0 bridgehead atoms. The Hall–Kier alpha value is -2.83. The molecular formula is C17H20N4O3. The van der Waals surface area contributed by atoms with Crippen molar-refractivity contribution in [2.24, 2.45) is 0 Å². The molecule has 1 saturated heterocycles. The third kappa shape index (κ3) is 3.56. The van der Waals surface area contributed by atoms with E-state index in [1.165, 1.54) is 0 Å². The van der Waals surface area contributed by atoms with E-state index in [4.69, 9.17) is 4.74 Å². The second kappa shape index (κ2) is 7.16. The van der Waals surface area contributed by atoms with E-state index in [1.54, 1.807) is 17.4 Å². The van der Waals surface area contributed by atoms with Gasteiger partial charge in [0, 0.05) is 31.0 Å². The van der Waals surface area contributed by atoms with Gasteiger partial charge in [0.15, 0.2) is 0 Å². The second-order valence-corrected chi connectivity index (χ2v) is 5.67. The Balaban J connectivity index is 1.60. The molecule has 3 rings (SSSR count). The molecule has 24 heavy (non-hydrogen) atoms. The highest BCUT2D eigenvalue weighted by atomic mass is 16.6. The molecule has 0 saturated carbocycles. The summed E-state index contributed by atoms with van der Waals surface area (Å²) in [6, 6.07) is 5.53. The van der Waals surface area contributed by atoms with Crippen LogP contribution in [-0.2, 0) is 16.1 Å². The number of benzene rings is 1. The summed E-state index contributed by atoms with van der Waals surface area (Å²) in [6.45, 7) is 3.57. The van der Waals surface area contributed by atoms with Crippen molar-refractivity contribution in [2.45, 2.75) is 26.3 Å². The third-order valence-corrected chi connectivity index (χ3v) is 4.01. The number of anilines is 2. The Morgan fingerprint density at radius 3 is 3.00 bits per heavy atom.